The van der Waals surface area contributed by atoms with E-state index in [-0.39, 0.29) is 23.2 Å². The maximum absolute atomic E-state index is 13.2. The van der Waals surface area contributed by atoms with E-state index in [4.69, 9.17) is 21.1 Å². The van der Waals surface area contributed by atoms with Crippen LogP contribution in [0.25, 0.3) is 0 Å². The van der Waals surface area contributed by atoms with Crippen molar-refractivity contribution in [2.45, 2.75) is 5.37 Å². The smallest absolute Gasteiger partial charge is 0.323 e. The van der Waals surface area contributed by atoms with Gasteiger partial charge in [0.15, 0.2) is 11.5 Å². The molecular formula is C17H14ClFN2O3S. The summed E-state index contributed by atoms with van der Waals surface area (Å²) in [6.45, 7) is 0.830. The lowest BCUT2D eigenvalue weighted by Crippen LogP contribution is -2.34. The van der Waals surface area contributed by atoms with Crippen LogP contribution in [0, 0.1) is 5.82 Å². The van der Waals surface area contributed by atoms with Crippen LogP contribution in [-0.2, 0) is 0 Å². The zero-order chi connectivity index (χ0) is 17.4. The Morgan fingerprint density at radius 1 is 1.24 bits per heavy atom. The zero-order valence-corrected chi connectivity index (χ0v) is 14.6. The summed E-state index contributed by atoms with van der Waals surface area (Å²) < 4.78 is 24.0. The van der Waals surface area contributed by atoms with Crippen LogP contribution >= 0.6 is 23.4 Å². The third kappa shape index (κ3) is 3.21. The second kappa shape index (κ2) is 6.65. The molecule has 2 amide bonds. The number of hydrogen-bond acceptors (Lipinski definition) is 4. The van der Waals surface area contributed by atoms with Crippen molar-refractivity contribution in [3.8, 4) is 11.5 Å². The van der Waals surface area contributed by atoms with E-state index < -0.39 is 5.82 Å². The van der Waals surface area contributed by atoms with Gasteiger partial charge in [-0.05, 0) is 35.9 Å². The van der Waals surface area contributed by atoms with E-state index in [1.807, 2.05) is 18.2 Å². The van der Waals surface area contributed by atoms with Crippen molar-refractivity contribution < 1.29 is 18.7 Å². The maximum atomic E-state index is 13.2. The molecule has 1 N–H and O–H groups in total. The highest BCUT2D eigenvalue weighted by Gasteiger charge is 2.32. The van der Waals surface area contributed by atoms with Gasteiger partial charge in [-0.3, -0.25) is 0 Å². The summed E-state index contributed by atoms with van der Waals surface area (Å²) in [7, 11) is 0. The van der Waals surface area contributed by atoms with Crippen LogP contribution in [0.3, 0.4) is 0 Å². The molecule has 1 saturated heterocycles. The highest BCUT2D eigenvalue weighted by Crippen LogP contribution is 2.42. The molecule has 2 aliphatic rings. The van der Waals surface area contributed by atoms with Crippen molar-refractivity contribution in [2.75, 3.05) is 24.4 Å². The number of anilines is 1. The molecule has 2 heterocycles. The SMILES string of the molecule is O=C(Nc1ccc(F)c(Cl)c1)N1CCS[C@@H]1c1ccc2c(c1)OCO2. The third-order valence-corrected chi connectivity index (χ3v) is 5.55. The van der Waals surface area contributed by atoms with Crippen LogP contribution in [0.1, 0.15) is 10.9 Å². The number of hydrogen-bond donors (Lipinski definition) is 1. The molecule has 4 rings (SSSR count). The third-order valence-electron chi connectivity index (χ3n) is 4.00. The van der Waals surface area contributed by atoms with Gasteiger partial charge in [0.05, 0.1) is 5.02 Å². The number of urea groups is 1. The van der Waals surface area contributed by atoms with Crippen molar-refractivity contribution in [3.63, 3.8) is 0 Å². The lowest BCUT2D eigenvalue weighted by molar-refractivity contribution is 0.174. The van der Waals surface area contributed by atoms with E-state index in [1.165, 1.54) is 18.2 Å². The number of fused-ring (bicyclic) bond motifs is 1. The van der Waals surface area contributed by atoms with E-state index in [2.05, 4.69) is 5.32 Å². The molecule has 0 aromatic heterocycles. The standard InChI is InChI=1S/C17H14ClFN2O3S/c18-12-8-11(2-3-13(12)19)20-17(22)21-5-6-25-16(21)10-1-4-14-15(7-10)24-9-23-14/h1-4,7-8,16H,5-6,9H2,(H,20,22)/t16-/m1/s1. The molecule has 1 fully saturated rings. The molecule has 0 unspecified atom stereocenters. The quantitative estimate of drug-likeness (QED) is 0.834. The molecule has 2 aromatic rings. The van der Waals surface area contributed by atoms with Gasteiger partial charge < -0.3 is 19.7 Å². The number of amides is 2. The van der Waals surface area contributed by atoms with Crippen LogP contribution in [0.15, 0.2) is 36.4 Å². The molecule has 0 bridgehead atoms. The Morgan fingerprint density at radius 3 is 2.92 bits per heavy atom. The molecule has 2 aliphatic heterocycles. The number of halogens is 2. The molecule has 0 saturated carbocycles. The van der Waals surface area contributed by atoms with Gasteiger partial charge in [0, 0.05) is 18.0 Å². The maximum Gasteiger partial charge on any atom is 0.323 e. The first-order valence-electron chi connectivity index (χ1n) is 7.65. The lowest BCUT2D eigenvalue weighted by Gasteiger charge is -2.24. The normalized spacial score (nSPS) is 18.5. The summed E-state index contributed by atoms with van der Waals surface area (Å²) in [6.07, 6.45) is 0. The Labute approximate surface area is 153 Å². The predicted molar refractivity (Wildman–Crippen MR) is 94.9 cm³/mol. The van der Waals surface area contributed by atoms with Crippen molar-refractivity contribution in [2.24, 2.45) is 0 Å². The van der Waals surface area contributed by atoms with Crippen LogP contribution in [0.4, 0.5) is 14.9 Å². The Morgan fingerprint density at radius 2 is 2.08 bits per heavy atom. The number of benzene rings is 2. The van der Waals surface area contributed by atoms with E-state index in [1.54, 1.807) is 16.7 Å². The average Bonchev–Trinajstić information content (AvgIpc) is 3.26. The first kappa shape index (κ1) is 16.4. The topological polar surface area (TPSA) is 50.8 Å². The molecule has 130 valence electrons. The molecule has 5 nitrogen and oxygen atoms in total. The number of nitrogens with zero attached hydrogens (tertiary/aromatic N) is 1. The van der Waals surface area contributed by atoms with Gasteiger partial charge >= 0.3 is 6.03 Å². The molecule has 25 heavy (non-hydrogen) atoms. The summed E-state index contributed by atoms with van der Waals surface area (Å²) in [5, 5.41) is 2.62. The molecular weight excluding hydrogens is 367 g/mol. The van der Waals surface area contributed by atoms with Crippen LogP contribution in [0.2, 0.25) is 5.02 Å². The largest absolute Gasteiger partial charge is 0.454 e. The first-order chi connectivity index (χ1) is 12.1. The molecule has 8 heteroatoms. The number of carbonyl (C=O) groups excluding carboxylic acids is 1. The van der Waals surface area contributed by atoms with Crippen molar-refractivity contribution in [1.29, 1.82) is 0 Å². The highest BCUT2D eigenvalue weighted by atomic mass is 35.5. The summed E-state index contributed by atoms with van der Waals surface area (Å²) in [6, 6.07) is 9.55. The fourth-order valence-corrected chi connectivity index (χ4v) is 4.22. The van der Waals surface area contributed by atoms with Gasteiger partial charge in [-0.2, -0.15) is 0 Å². The first-order valence-corrected chi connectivity index (χ1v) is 9.08. The Bertz CT molecular complexity index is 836. The Balaban J connectivity index is 1.52. The fourth-order valence-electron chi connectivity index (χ4n) is 2.79. The second-order valence-corrected chi connectivity index (χ2v) is 7.18. The van der Waals surface area contributed by atoms with E-state index in [0.29, 0.717) is 23.7 Å². The lowest BCUT2D eigenvalue weighted by atomic mass is 10.2. The molecule has 0 spiro atoms. The van der Waals surface area contributed by atoms with Gasteiger partial charge in [-0.1, -0.05) is 17.7 Å². The highest BCUT2D eigenvalue weighted by molar-refractivity contribution is 7.99. The molecule has 0 aliphatic carbocycles. The monoisotopic (exact) mass is 380 g/mol. The number of ether oxygens (including phenoxy) is 2. The summed E-state index contributed by atoms with van der Waals surface area (Å²) in [5.74, 6) is 1.71. The minimum Gasteiger partial charge on any atom is -0.454 e. The van der Waals surface area contributed by atoms with Crippen molar-refractivity contribution >= 4 is 35.1 Å². The molecule has 1 atom stereocenters. The summed E-state index contributed by atoms with van der Waals surface area (Å²) in [4.78, 5) is 14.4. The van der Waals surface area contributed by atoms with Crippen LogP contribution < -0.4 is 14.8 Å². The zero-order valence-electron chi connectivity index (χ0n) is 13.0. The van der Waals surface area contributed by atoms with E-state index in [0.717, 1.165) is 11.3 Å². The average molecular weight is 381 g/mol. The van der Waals surface area contributed by atoms with Gasteiger partial charge in [-0.15, -0.1) is 11.8 Å². The minimum atomic E-state index is -0.519. The fraction of sp³-hybridized carbons (Fsp3) is 0.235. The number of nitrogens with one attached hydrogen (secondary N) is 1. The molecule has 2 aromatic carbocycles. The minimum absolute atomic E-state index is 0.0269. The number of rotatable bonds is 2. The van der Waals surface area contributed by atoms with E-state index >= 15 is 0 Å². The van der Waals surface area contributed by atoms with Crippen LogP contribution in [-0.4, -0.2) is 30.0 Å². The molecule has 0 radical (unpaired) electrons. The van der Waals surface area contributed by atoms with Gasteiger partial charge in [0.1, 0.15) is 11.2 Å². The Hall–Kier alpha value is -2.12. The van der Waals surface area contributed by atoms with Crippen molar-refractivity contribution in [1.82, 2.24) is 4.90 Å². The summed E-state index contributed by atoms with van der Waals surface area (Å²) >= 11 is 7.44. The second-order valence-electron chi connectivity index (χ2n) is 5.59. The van der Waals surface area contributed by atoms with Gasteiger partial charge in [-0.25, -0.2) is 9.18 Å². The number of thioether (sulfide) groups is 1. The van der Waals surface area contributed by atoms with Crippen molar-refractivity contribution in [3.05, 3.63) is 52.8 Å². The van der Waals surface area contributed by atoms with Gasteiger partial charge in [0.2, 0.25) is 6.79 Å². The Kier molecular flexibility index (Phi) is 4.35. The van der Waals surface area contributed by atoms with Gasteiger partial charge in [0.25, 0.3) is 0 Å². The predicted octanol–water partition coefficient (Wildman–Crippen LogP) is 4.49. The van der Waals surface area contributed by atoms with Crippen LogP contribution in [0.5, 0.6) is 11.5 Å². The van der Waals surface area contributed by atoms with E-state index in [9.17, 15) is 9.18 Å². The summed E-state index contributed by atoms with van der Waals surface area (Å²) in [5.41, 5.74) is 1.43. The number of carbonyl (C=O) groups is 1.